The van der Waals surface area contributed by atoms with Crippen LogP contribution in [0.2, 0.25) is 0 Å². The number of benzene rings is 1. The molecule has 1 aromatic heterocycles. The second kappa shape index (κ2) is 5.09. The van der Waals surface area contributed by atoms with Crippen molar-refractivity contribution >= 4 is 5.97 Å². The largest absolute Gasteiger partial charge is 0.480 e. The van der Waals surface area contributed by atoms with Gasteiger partial charge in [-0.25, -0.2) is 4.98 Å². The van der Waals surface area contributed by atoms with E-state index >= 15 is 0 Å². The zero-order valence-electron chi connectivity index (χ0n) is 11.4. The van der Waals surface area contributed by atoms with E-state index in [2.05, 4.69) is 21.7 Å². The third-order valence-electron chi connectivity index (χ3n) is 3.83. The van der Waals surface area contributed by atoms with Crippen molar-refractivity contribution in [1.29, 1.82) is 0 Å². The van der Waals surface area contributed by atoms with Crippen molar-refractivity contribution in [2.45, 2.75) is 25.6 Å². The minimum Gasteiger partial charge on any atom is -0.480 e. The highest BCUT2D eigenvalue weighted by Crippen LogP contribution is 2.22. The van der Waals surface area contributed by atoms with Crippen LogP contribution in [0.3, 0.4) is 0 Å². The standard InChI is InChI=1S/C15H17N3O2/c1-17-9-14-12(7-13(17)15(19)20)16-10-18(14)8-11-5-3-2-4-6-11/h2-6,10,13H,7-9H2,1H3,(H,19,20)/t13-/m0/s1. The first-order valence-corrected chi connectivity index (χ1v) is 6.65. The molecule has 0 fully saturated rings. The van der Waals surface area contributed by atoms with Gasteiger partial charge in [-0.05, 0) is 12.6 Å². The van der Waals surface area contributed by atoms with Crippen LogP contribution in [0.4, 0.5) is 0 Å². The minimum absolute atomic E-state index is 0.470. The number of likely N-dealkylation sites (N-methyl/N-ethyl adjacent to an activating group) is 1. The van der Waals surface area contributed by atoms with Crippen molar-refractivity contribution in [3.8, 4) is 0 Å². The highest BCUT2D eigenvalue weighted by atomic mass is 16.4. The minimum atomic E-state index is -0.782. The van der Waals surface area contributed by atoms with Crippen LogP contribution in [-0.2, 0) is 24.3 Å². The van der Waals surface area contributed by atoms with Gasteiger partial charge in [-0.3, -0.25) is 9.69 Å². The lowest BCUT2D eigenvalue weighted by Crippen LogP contribution is -2.43. The van der Waals surface area contributed by atoms with E-state index in [4.69, 9.17) is 0 Å². The fraction of sp³-hybridized carbons (Fsp3) is 0.333. The molecule has 1 aliphatic rings. The zero-order chi connectivity index (χ0) is 14.1. The summed E-state index contributed by atoms with van der Waals surface area (Å²) in [4.78, 5) is 17.5. The molecule has 3 rings (SSSR count). The summed E-state index contributed by atoms with van der Waals surface area (Å²) >= 11 is 0. The van der Waals surface area contributed by atoms with Gasteiger partial charge in [-0.1, -0.05) is 30.3 Å². The van der Waals surface area contributed by atoms with E-state index in [-0.39, 0.29) is 0 Å². The van der Waals surface area contributed by atoms with Gasteiger partial charge >= 0.3 is 5.97 Å². The Morgan fingerprint density at radius 2 is 2.15 bits per heavy atom. The SMILES string of the molecule is CN1Cc2c(ncn2Cc2ccccc2)C[C@H]1C(=O)O. The van der Waals surface area contributed by atoms with Gasteiger partial charge in [0.25, 0.3) is 0 Å². The van der Waals surface area contributed by atoms with Gasteiger partial charge in [0.15, 0.2) is 0 Å². The van der Waals surface area contributed by atoms with E-state index in [0.717, 1.165) is 17.9 Å². The van der Waals surface area contributed by atoms with Crippen LogP contribution in [0.25, 0.3) is 0 Å². The number of imidazole rings is 1. The molecule has 2 heterocycles. The van der Waals surface area contributed by atoms with Crippen LogP contribution >= 0.6 is 0 Å². The van der Waals surface area contributed by atoms with Gasteiger partial charge in [0.05, 0.1) is 17.7 Å². The molecule has 0 radical (unpaired) electrons. The predicted molar refractivity (Wildman–Crippen MR) is 74.4 cm³/mol. The Hall–Kier alpha value is -2.14. The summed E-state index contributed by atoms with van der Waals surface area (Å²) in [7, 11) is 1.85. The molecule has 104 valence electrons. The Morgan fingerprint density at radius 1 is 1.40 bits per heavy atom. The number of nitrogens with zero attached hydrogens (tertiary/aromatic N) is 3. The maximum atomic E-state index is 11.2. The van der Waals surface area contributed by atoms with E-state index in [1.54, 1.807) is 0 Å². The van der Waals surface area contributed by atoms with Gasteiger partial charge in [-0.15, -0.1) is 0 Å². The van der Waals surface area contributed by atoms with E-state index in [9.17, 15) is 9.90 Å². The molecule has 0 bridgehead atoms. The molecule has 0 saturated carbocycles. The molecule has 1 N–H and O–H groups in total. The second-order valence-electron chi connectivity index (χ2n) is 5.22. The summed E-state index contributed by atoms with van der Waals surface area (Å²) in [5.41, 5.74) is 3.25. The van der Waals surface area contributed by atoms with E-state index in [1.165, 1.54) is 5.56 Å². The normalized spacial score (nSPS) is 18.8. The Labute approximate surface area is 117 Å². The highest BCUT2D eigenvalue weighted by molar-refractivity contribution is 5.74. The summed E-state index contributed by atoms with van der Waals surface area (Å²) in [6.07, 6.45) is 2.29. The zero-order valence-corrected chi connectivity index (χ0v) is 11.4. The van der Waals surface area contributed by atoms with E-state index in [0.29, 0.717) is 13.0 Å². The lowest BCUT2D eigenvalue weighted by molar-refractivity contribution is -0.143. The van der Waals surface area contributed by atoms with Crippen LogP contribution in [-0.4, -0.2) is 38.6 Å². The van der Waals surface area contributed by atoms with Crippen molar-refractivity contribution in [3.05, 3.63) is 53.6 Å². The smallest absolute Gasteiger partial charge is 0.321 e. The van der Waals surface area contributed by atoms with Crippen LogP contribution in [0, 0.1) is 0 Å². The molecule has 1 aromatic carbocycles. The van der Waals surface area contributed by atoms with Crippen LogP contribution in [0.15, 0.2) is 36.7 Å². The van der Waals surface area contributed by atoms with E-state index < -0.39 is 12.0 Å². The summed E-state index contributed by atoms with van der Waals surface area (Å²) in [6, 6.07) is 9.73. The Morgan fingerprint density at radius 3 is 2.85 bits per heavy atom. The van der Waals surface area contributed by atoms with E-state index in [1.807, 2.05) is 36.5 Å². The first kappa shape index (κ1) is 12.9. The van der Waals surface area contributed by atoms with Crippen LogP contribution < -0.4 is 0 Å². The fourth-order valence-corrected chi connectivity index (χ4v) is 2.68. The molecular formula is C15H17N3O2. The molecule has 0 aliphatic carbocycles. The van der Waals surface area contributed by atoms with Crippen molar-refractivity contribution in [2.75, 3.05) is 7.05 Å². The third kappa shape index (κ3) is 2.32. The number of aromatic nitrogens is 2. The predicted octanol–water partition coefficient (Wildman–Crippen LogP) is 1.37. The number of carboxylic acids is 1. The van der Waals surface area contributed by atoms with Crippen molar-refractivity contribution < 1.29 is 9.90 Å². The van der Waals surface area contributed by atoms with Crippen molar-refractivity contribution in [1.82, 2.24) is 14.5 Å². The lowest BCUT2D eigenvalue weighted by Gasteiger charge is -2.29. The number of carboxylic acid groups (broad SMARTS) is 1. The summed E-state index contributed by atoms with van der Waals surface area (Å²) in [6.45, 7) is 1.40. The summed E-state index contributed by atoms with van der Waals surface area (Å²) in [5, 5.41) is 9.20. The Balaban J connectivity index is 1.86. The molecule has 5 nitrogen and oxygen atoms in total. The van der Waals surface area contributed by atoms with Crippen LogP contribution in [0.5, 0.6) is 0 Å². The summed E-state index contributed by atoms with van der Waals surface area (Å²) < 4.78 is 2.11. The maximum Gasteiger partial charge on any atom is 0.321 e. The topological polar surface area (TPSA) is 58.4 Å². The van der Waals surface area contributed by atoms with Gasteiger partial charge in [0, 0.05) is 19.5 Å². The van der Waals surface area contributed by atoms with Crippen molar-refractivity contribution in [3.63, 3.8) is 0 Å². The molecule has 0 amide bonds. The number of hydrogen-bond acceptors (Lipinski definition) is 3. The number of aliphatic carboxylic acids is 1. The van der Waals surface area contributed by atoms with Gasteiger partial charge < -0.3 is 9.67 Å². The summed E-state index contributed by atoms with van der Waals surface area (Å²) in [5.74, 6) is -0.782. The molecule has 0 spiro atoms. The van der Waals surface area contributed by atoms with Gasteiger partial charge in [0.1, 0.15) is 6.04 Å². The van der Waals surface area contributed by atoms with Gasteiger partial charge in [-0.2, -0.15) is 0 Å². The molecule has 1 aliphatic heterocycles. The quantitative estimate of drug-likeness (QED) is 0.916. The second-order valence-corrected chi connectivity index (χ2v) is 5.22. The monoisotopic (exact) mass is 271 g/mol. The molecule has 2 aromatic rings. The third-order valence-corrected chi connectivity index (χ3v) is 3.83. The highest BCUT2D eigenvalue weighted by Gasteiger charge is 2.31. The number of fused-ring (bicyclic) bond motifs is 1. The Kier molecular flexibility index (Phi) is 3.28. The molecule has 0 unspecified atom stereocenters. The molecular weight excluding hydrogens is 254 g/mol. The number of carbonyl (C=O) groups is 1. The molecule has 20 heavy (non-hydrogen) atoms. The molecule has 0 saturated heterocycles. The first-order valence-electron chi connectivity index (χ1n) is 6.65. The Bertz CT molecular complexity index is 621. The van der Waals surface area contributed by atoms with Gasteiger partial charge in [0.2, 0.25) is 0 Å². The average molecular weight is 271 g/mol. The lowest BCUT2D eigenvalue weighted by atomic mass is 10.0. The fourth-order valence-electron chi connectivity index (χ4n) is 2.68. The first-order chi connectivity index (χ1) is 9.65. The van der Waals surface area contributed by atoms with Crippen molar-refractivity contribution in [2.24, 2.45) is 0 Å². The molecule has 5 heteroatoms. The number of rotatable bonds is 3. The molecule has 1 atom stereocenters. The maximum absolute atomic E-state index is 11.2. The number of hydrogen-bond donors (Lipinski definition) is 1. The average Bonchev–Trinajstić information content (AvgIpc) is 2.81. The van der Waals surface area contributed by atoms with Crippen LogP contribution in [0.1, 0.15) is 17.0 Å².